The predicted molar refractivity (Wildman–Crippen MR) is 94.5 cm³/mol. The van der Waals surface area contributed by atoms with Crippen molar-refractivity contribution in [3.8, 4) is 0 Å². The van der Waals surface area contributed by atoms with Gasteiger partial charge in [0.05, 0.1) is 0 Å². The van der Waals surface area contributed by atoms with Gasteiger partial charge in [0.15, 0.2) is 0 Å². The quantitative estimate of drug-likeness (QED) is 0.830. The second-order valence-corrected chi connectivity index (χ2v) is 6.99. The summed E-state index contributed by atoms with van der Waals surface area (Å²) in [6, 6.07) is -0.0948. The van der Waals surface area contributed by atoms with E-state index in [9.17, 15) is 9.59 Å². The molecule has 0 radical (unpaired) electrons. The number of hydrogen-bond donors (Lipinski definition) is 1. The average molecular weight is 346 g/mol. The number of nitrogens with two attached hydrogens (primary N) is 1. The number of piperazine rings is 1. The fourth-order valence-electron chi connectivity index (χ4n) is 3.57. The summed E-state index contributed by atoms with van der Waals surface area (Å²) in [7, 11) is 0. The first-order valence-corrected chi connectivity index (χ1v) is 8.87. The van der Waals surface area contributed by atoms with Crippen LogP contribution in [0.2, 0.25) is 0 Å². The van der Waals surface area contributed by atoms with Crippen LogP contribution in [0.1, 0.15) is 58.3 Å². The maximum Gasteiger partial charge on any atom is 0.224 e. The Hall–Kier alpha value is -0.810. The minimum absolute atomic E-state index is 0. The van der Waals surface area contributed by atoms with Crippen molar-refractivity contribution in [2.75, 3.05) is 26.2 Å². The van der Waals surface area contributed by atoms with Crippen molar-refractivity contribution in [3.63, 3.8) is 0 Å². The van der Waals surface area contributed by atoms with E-state index >= 15 is 0 Å². The normalized spacial score (nSPS) is 20.8. The Labute approximate surface area is 146 Å². The van der Waals surface area contributed by atoms with E-state index in [1.165, 1.54) is 32.1 Å². The van der Waals surface area contributed by atoms with Gasteiger partial charge in [-0.2, -0.15) is 0 Å². The summed E-state index contributed by atoms with van der Waals surface area (Å²) in [5.41, 5.74) is 5.67. The van der Waals surface area contributed by atoms with E-state index in [2.05, 4.69) is 0 Å². The van der Waals surface area contributed by atoms with Crippen LogP contribution in [-0.2, 0) is 9.59 Å². The molecular weight excluding hydrogens is 314 g/mol. The highest BCUT2D eigenvalue weighted by Gasteiger charge is 2.25. The van der Waals surface area contributed by atoms with E-state index in [-0.39, 0.29) is 30.3 Å². The van der Waals surface area contributed by atoms with E-state index in [0.29, 0.717) is 39.0 Å². The Balaban J connectivity index is 0.00000264. The van der Waals surface area contributed by atoms with Gasteiger partial charge in [0, 0.05) is 45.1 Å². The zero-order chi connectivity index (χ0) is 15.9. The maximum absolute atomic E-state index is 12.3. The van der Waals surface area contributed by atoms with E-state index in [4.69, 9.17) is 5.73 Å². The van der Waals surface area contributed by atoms with Crippen LogP contribution < -0.4 is 5.73 Å². The molecule has 5 nitrogen and oxygen atoms in total. The molecule has 23 heavy (non-hydrogen) atoms. The third kappa shape index (κ3) is 6.68. The van der Waals surface area contributed by atoms with Crippen LogP contribution in [0.3, 0.4) is 0 Å². The van der Waals surface area contributed by atoms with Crippen LogP contribution in [0.5, 0.6) is 0 Å². The highest BCUT2D eigenvalue weighted by Crippen LogP contribution is 2.27. The molecule has 2 aliphatic rings. The summed E-state index contributed by atoms with van der Waals surface area (Å²) >= 11 is 0. The molecule has 0 bridgehead atoms. The molecule has 6 heteroatoms. The van der Waals surface area contributed by atoms with Crippen LogP contribution in [0.15, 0.2) is 0 Å². The third-order valence-electron chi connectivity index (χ3n) is 4.97. The maximum atomic E-state index is 12.3. The number of nitrogens with zero attached hydrogens (tertiary/aromatic N) is 2. The molecule has 0 aromatic heterocycles. The highest BCUT2D eigenvalue weighted by atomic mass is 35.5. The molecule has 0 aromatic carbocycles. The van der Waals surface area contributed by atoms with Gasteiger partial charge in [-0.3, -0.25) is 9.59 Å². The lowest BCUT2D eigenvalue weighted by Crippen LogP contribution is -2.51. The molecule has 134 valence electrons. The van der Waals surface area contributed by atoms with Gasteiger partial charge in [-0.15, -0.1) is 12.4 Å². The Morgan fingerprint density at radius 3 is 2.04 bits per heavy atom. The fraction of sp³-hybridized carbons (Fsp3) is 0.882. The number of halogens is 1. The molecule has 0 aromatic rings. The molecule has 1 heterocycles. The van der Waals surface area contributed by atoms with Gasteiger partial charge in [-0.05, 0) is 19.3 Å². The number of amides is 2. The molecule has 1 atom stereocenters. The van der Waals surface area contributed by atoms with Crippen LogP contribution in [0, 0.1) is 5.92 Å². The van der Waals surface area contributed by atoms with Gasteiger partial charge in [-0.25, -0.2) is 0 Å². The first-order chi connectivity index (χ1) is 10.6. The van der Waals surface area contributed by atoms with E-state index < -0.39 is 0 Å². The predicted octanol–water partition coefficient (Wildman–Crippen LogP) is 2.18. The Bertz CT molecular complexity index is 376. The molecule has 1 aliphatic carbocycles. The molecular formula is C17H32ClN3O2. The summed E-state index contributed by atoms with van der Waals surface area (Å²) in [6.07, 6.45) is 8.75. The second-order valence-electron chi connectivity index (χ2n) is 6.99. The van der Waals surface area contributed by atoms with E-state index in [1.807, 2.05) is 16.7 Å². The van der Waals surface area contributed by atoms with Crippen molar-refractivity contribution < 1.29 is 9.59 Å². The largest absolute Gasteiger partial charge is 0.339 e. The van der Waals surface area contributed by atoms with Crippen LogP contribution in [0.25, 0.3) is 0 Å². The van der Waals surface area contributed by atoms with Crippen molar-refractivity contribution >= 4 is 24.2 Å². The molecule has 1 unspecified atom stereocenters. The van der Waals surface area contributed by atoms with Crippen LogP contribution in [0.4, 0.5) is 0 Å². The number of hydrogen-bond acceptors (Lipinski definition) is 3. The van der Waals surface area contributed by atoms with E-state index in [0.717, 1.165) is 12.3 Å². The zero-order valence-electron chi connectivity index (χ0n) is 14.3. The molecule has 2 rings (SSSR count). The number of rotatable bonds is 5. The van der Waals surface area contributed by atoms with Gasteiger partial charge in [0.25, 0.3) is 0 Å². The Morgan fingerprint density at radius 2 is 1.52 bits per heavy atom. The van der Waals surface area contributed by atoms with Crippen molar-refractivity contribution in [3.05, 3.63) is 0 Å². The van der Waals surface area contributed by atoms with E-state index in [1.54, 1.807) is 0 Å². The minimum Gasteiger partial charge on any atom is -0.339 e. The molecule has 0 spiro atoms. The summed E-state index contributed by atoms with van der Waals surface area (Å²) in [5, 5.41) is 0. The smallest absolute Gasteiger partial charge is 0.224 e. The highest BCUT2D eigenvalue weighted by molar-refractivity contribution is 5.85. The van der Waals surface area contributed by atoms with Gasteiger partial charge in [0.1, 0.15) is 0 Å². The number of carbonyl (C=O) groups is 2. The minimum atomic E-state index is -0.0948. The molecule has 2 N–H and O–H groups in total. The number of carbonyl (C=O) groups excluding carboxylic acids is 2. The lowest BCUT2D eigenvalue weighted by molar-refractivity contribution is -0.139. The van der Waals surface area contributed by atoms with Crippen LogP contribution in [-0.4, -0.2) is 53.8 Å². The zero-order valence-corrected chi connectivity index (χ0v) is 15.2. The van der Waals surface area contributed by atoms with Gasteiger partial charge in [0.2, 0.25) is 11.8 Å². The average Bonchev–Trinajstić information content (AvgIpc) is 2.53. The summed E-state index contributed by atoms with van der Waals surface area (Å²) in [6.45, 7) is 4.51. The first-order valence-electron chi connectivity index (χ1n) is 8.87. The van der Waals surface area contributed by atoms with Crippen molar-refractivity contribution in [2.45, 2.75) is 64.3 Å². The van der Waals surface area contributed by atoms with Gasteiger partial charge in [-0.1, -0.05) is 32.1 Å². The molecule has 2 fully saturated rings. The monoisotopic (exact) mass is 345 g/mol. The summed E-state index contributed by atoms with van der Waals surface area (Å²) < 4.78 is 0. The third-order valence-corrected chi connectivity index (χ3v) is 4.97. The summed E-state index contributed by atoms with van der Waals surface area (Å²) in [4.78, 5) is 28.0. The lowest BCUT2D eigenvalue weighted by Gasteiger charge is -2.35. The van der Waals surface area contributed by atoms with Gasteiger partial charge >= 0.3 is 0 Å². The topological polar surface area (TPSA) is 66.6 Å². The molecule has 1 aliphatic heterocycles. The Morgan fingerprint density at radius 1 is 1.00 bits per heavy atom. The molecule has 1 saturated carbocycles. The van der Waals surface area contributed by atoms with Crippen LogP contribution >= 0.6 is 12.4 Å². The first kappa shape index (κ1) is 20.2. The lowest BCUT2D eigenvalue weighted by atomic mass is 9.86. The standard InChI is InChI=1S/C17H31N3O2.ClH/c1-14(18)13-17(22)20-11-9-19(10-12-20)16(21)8-7-15-5-3-2-4-6-15;/h14-15H,2-13,18H2,1H3;1H. The Kier molecular flexibility index (Phi) is 8.92. The molecule has 1 saturated heterocycles. The van der Waals surface area contributed by atoms with Crippen molar-refractivity contribution in [2.24, 2.45) is 11.7 Å². The SMILES string of the molecule is CC(N)CC(=O)N1CCN(C(=O)CCC2CCCCC2)CC1.Cl. The molecule has 2 amide bonds. The van der Waals surface area contributed by atoms with Crippen molar-refractivity contribution in [1.82, 2.24) is 9.80 Å². The van der Waals surface area contributed by atoms with Crippen molar-refractivity contribution in [1.29, 1.82) is 0 Å². The van der Waals surface area contributed by atoms with Gasteiger partial charge < -0.3 is 15.5 Å². The second kappa shape index (κ2) is 10.1. The summed E-state index contributed by atoms with van der Waals surface area (Å²) in [5.74, 6) is 1.14. The fourth-order valence-corrected chi connectivity index (χ4v) is 3.57.